The van der Waals surface area contributed by atoms with E-state index in [0.717, 1.165) is 32.5 Å². The van der Waals surface area contributed by atoms with E-state index in [1.807, 2.05) is 6.92 Å². The lowest BCUT2D eigenvalue weighted by Gasteiger charge is -2.20. The molecule has 0 radical (unpaired) electrons. The van der Waals surface area contributed by atoms with Crippen molar-refractivity contribution in [2.24, 2.45) is 0 Å². The number of nitrogens with one attached hydrogen (secondary N) is 2. The van der Waals surface area contributed by atoms with Crippen molar-refractivity contribution in [3.8, 4) is 0 Å². The summed E-state index contributed by atoms with van der Waals surface area (Å²) in [7, 11) is 0. The number of pyridine rings is 1. The van der Waals surface area contributed by atoms with Gasteiger partial charge in [-0.15, -0.1) is 0 Å². The molecule has 1 rings (SSSR count). The number of hydrogen-bond donors (Lipinski definition) is 2. The van der Waals surface area contributed by atoms with E-state index in [2.05, 4.69) is 34.4 Å². The topological polar surface area (TPSA) is 57.3 Å². The third-order valence-electron chi connectivity index (χ3n) is 3.40. The van der Waals surface area contributed by atoms with Gasteiger partial charge in [0.1, 0.15) is 10.3 Å². The number of carbonyl (C=O) groups excluding carboxylic acids is 1. The molecule has 124 valence electrons. The summed E-state index contributed by atoms with van der Waals surface area (Å²) < 4.78 is 0. The highest BCUT2D eigenvalue weighted by Gasteiger charge is 2.09. The molecule has 0 aliphatic heterocycles. The lowest BCUT2D eigenvalue weighted by Crippen LogP contribution is -2.36. The summed E-state index contributed by atoms with van der Waals surface area (Å²) in [5.41, 5.74) is 0.526. The van der Waals surface area contributed by atoms with Gasteiger partial charge in [-0.05, 0) is 51.5 Å². The summed E-state index contributed by atoms with van der Waals surface area (Å²) in [6.07, 6.45) is 1.98. The number of nitrogens with zero attached hydrogens (tertiary/aromatic N) is 2. The van der Waals surface area contributed by atoms with Gasteiger partial charge in [-0.2, -0.15) is 0 Å². The molecule has 2 N–H and O–H groups in total. The molecule has 1 atom stereocenters. The van der Waals surface area contributed by atoms with Crippen molar-refractivity contribution < 1.29 is 4.79 Å². The molecule has 5 nitrogen and oxygen atoms in total. The van der Waals surface area contributed by atoms with Gasteiger partial charge in [-0.3, -0.25) is 0 Å². The van der Waals surface area contributed by atoms with Crippen LogP contribution in [0, 0.1) is 0 Å². The molecule has 0 aliphatic rings. The summed E-state index contributed by atoms with van der Waals surface area (Å²) in [5.74, 6) is 0. The SMILES string of the molecule is CCN(CC)CCCC(C)NC(=O)Nc1cc(Cl)nc(Cl)c1. The lowest BCUT2D eigenvalue weighted by molar-refractivity contribution is 0.247. The van der Waals surface area contributed by atoms with Crippen LogP contribution in [0.25, 0.3) is 0 Å². The number of rotatable bonds is 8. The highest BCUT2D eigenvalue weighted by atomic mass is 35.5. The van der Waals surface area contributed by atoms with Crippen LogP contribution in [0.3, 0.4) is 0 Å². The number of aromatic nitrogens is 1. The second-order valence-corrected chi connectivity index (χ2v) is 5.94. The molecule has 2 amide bonds. The fourth-order valence-electron chi connectivity index (χ4n) is 2.16. The normalized spacial score (nSPS) is 12.3. The van der Waals surface area contributed by atoms with E-state index < -0.39 is 0 Å². The standard InChI is InChI=1S/C15H24Cl2N4O/c1-4-21(5-2)8-6-7-11(3)18-15(22)19-12-9-13(16)20-14(17)10-12/h9-11H,4-8H2,1-3H3,(H2,18,19,20,22). The van der Waals surface area contributed by atoms with Crippen LogP contribution in [0.1, 0.15) is 33.6 Å². The van der Waals surface area contributed by atoms with Crippen molar-refractivity contribution in [2.45, 2.75) is 39.7 Å². The van der Waals surface area contributed by atoms with Gasteiger partial charge >= 0.3 is 6.03 Å². The van der Waals surface area contributed by atoms with E-state index in [1.54, 1.807) is 12.1 Å². The Morgan fingerprint density at radius 2 is 1.86 bits per heavy atom. The fourth-order valence-corrected chi connectivity index (χ4v) is 2.62. The molecule has 1 heterocycles. The smallest absolute Gasteiger partial charge is 0.319 e. The molecule has 0 saturated carbocycles. The zero-order valence-electron chi connectivity index (χ0n) is 13.3. The van der Waals surface area contributed by atoms with Gasteiger partial charge in [0, 0.05) is 11.7 Å². The molecular formula is C15H24Cl2N4O. The maximum Gasteiger partial charge on any atom is 0.319 e. The van der Waals surface area contributed by atoms with Crippen LogP contribution < -0.4 is 10.6 Å². The van der Waals surface area contributed by atoms with Crippen LogP contribution in [0.2, 0.25) is 10.3 Å². The predicted octanol–water partition coefficient (Wildman–Crippen LogP) is 4.02. The van der Waals surface area contributed by atoms with E-state index >= 15 is 0 Å². The Balaban J connectivity index is 2.34. The van der Waals surface area contributed by atoms with Crippen LogP contribution in [-0.4, -0.2) is 41.6 Å². The molecule has 0 aromatic carbocycles. The maximum atomic E-state index is 11.9. The van der Waals surface area contributed by atoms with Crippen molar-refractivity contribution >= 4 is 34.9 Å². The Morgan fingerprint density at radius 1 is 1.27 bits per heavy atom. The Bertz CT molecular complexity index is 460. The van der Waals surface area contributed by atoms with Gasteiger partial charge < -0.3 is 15.5 Å². The predicted molar refractivity (Wildman–Crippen MR) is 92.9 cm³/mol. The number of carbonyl (C=O) groups is 1. The number of amides is 2. The molecule has 1 aromatic heterocycles. The van der Waals surface area contributed by atoms with Crippen LogP contribution in [0.4, 0.5) is 10.5 Å². The zero-order valence-corrected chi connectivity index (χ0v) is 14.8. The first kappa shape index (κ1) is 19.0. The molecule has 1 unspecified atom stereocenters. The minimum absolute atomic E-state index is 0.100. The minimum Gasteiger partial charge on any atom is -0.335 e. The minimum atomic E-state index is -0.270. The van der Waals surface area contributed by atoms with Crippen molar-refractivity contribution in [1.82, 2.24) is 15.2 Å². The molecule has 1 aromatic rings. The Labute approximate surface area is 142 Å². The first-order valence-electron chi connectivity index (χ1n) is 7.57. The van der Waals surface area contributed by atoms with Crippen LogP contribution in [0.5, 0.6) is 0 Å². The van der Waals surface area contributed by atoms with Gasteiger partial charge in [0.15, 0.2) is 0 Å². The van der Waals surface area contributed by atoms with Crippen molar-refractivity contribution in [2.75, 3.05) is 25.0 Å². The monoisotopic (exact) mass is 346 g/mol. The second kappa shape index (κ2) is 9.87. The highest BCUT2D eigenvalue weighted by molar-refractivity contribution is 6.32. The summed E-state index contributed by atoms with van der Waals surface area (Å²) in [6, 6.07) is 2.94. The summed E-state index contributed by atoms with van der Waals surface area (Å²) >= 11 is 11.6. The molecule has 0 saturated heterocycles. The van der Waals surface area contributed by atoms with Gasteiger partial charge in [0.2, 0.25) is 0 Å². The van der Waals surface area contributed by atoms with Gasteiger partial charge in [-0.1, -0.05) is 37.0 Å². The van der Waals surface area contributed by atoms with Crippen molar-refractivity contribution in [1.29, 1.82) is 0 Å². The van der Waals surface area contributed by atoms with Gasteiger partial charge in [-0.25, -0.2) is 9.78 Å². The molecule has 0 fully saturated rings. The molecule has 0 aliphatic carbocycles. The Morgan fingerprint density at radius 3 is 2.41 bits per heavy atom. The van der Waals surface area contributed by atoms with E-state index in [4.69, 9.17) is 23.2 Å². The quantitative estimate of drug-likeness (QED) is 0.699. The number of anilines is 1. The highest BCUT2D eigenvalue weighted by Crippen LogP contribution is 2.18. The number of halogens is 2. The second-order valence-electron chi connectivity index (χ2n) is 5.17. The first-order chi connectivity index (χ1) is 10.4. The molecular weight excluding hydrogens is 323 g/mol. The molecule has 0 spiro atoms. The van der Waals surface area contributed by atoms with E-state index in [9.17, 15) is 4.79 Å². The third kappa shape index (κ3) is 7.29. The molecule has 22 heavy (non-hydrogen) atoms. The lowest BCUT2D eigenvalue weighted by atomic mass is 10.2. The van der Waals surface area contributed by atoms with Crippen LogP contribution in [0.15, 0.2) is 12.1 Å². The van der Waals surface area contributed by atoms with E-state index in [1.165, 1.54) is 0 Å². The van der Waals surface area contributed by atoms with Crippen molar-refractivity contribution in [3.05, 3.63) is 22.4 Å². The number of hydrogen-bond acceptors (Lipinski definition) is 3. The summed E-state index contributed by atoms with van der Waals surface area (Å²) in [4.78, 5) is 18.1. The van der Waals surface area contributed by atoms with Crippen LogP contribution in [-0.2, 0) is 0 Å². The fraction of sp³-hybridized carbons (Fsp3) is 0.600. The largest absolute Gasteiger partial charge is 0.335 e. The number of urea groups is 1. The average Bonchev–Trinajstić information content (AvgIpc) is 2.42. The molecule has 7 heteroatoms. The summed E-state index contributed by atoms with van der Waals surface area (Å²) in [6.45, 7) is 9.47. The maximum absolute atomic E-state index is 11.9. The third-order valence-corrected chi connectivity index (χ3v) is 3.79. The van der Waals surface area contributed by atoms with E-state index in [-0.39, 0.29) is 22.4 Å². The van der Waals surface area contributed by atoms with Gasteiger partial charge in [0.25, 0.3) is 0 Å². The zero-order chi connectivity index (χ0) is 16.5. The van der Waals surface area contributed by atoms with Crippen LogP contribution >= 0.6 is 23.2 Å². The first-order valence-corrected chi connectivity index (χ1v) is 8.33. The molecule has 0 bridgehead atoms. The summed E-state index contributed by atoms with van der Waals surface area (Å²) in [5, 5.41) is 6.10. The Kier molecular flexibility index (Phi) is 8.53. The Hall–Kier alpha value is -1.04. The van der Waals surface area contributed by atoms with Gasteiger partial charge in [0.05, 0.1) is 0 Å². The van der Waals surface area contributed by atoms with Crippen molar-refractivity contribution in [3.63, 3.8) is 0 Å². The van der Waals surface area contributed by atoms with E-state index in [0.29, 0.717) is 5.69 Å². The average molecular weight is 347 g/mol.